The molecule has 11 heteroatoms. The number of hydrogen-bond donors (Lipinski definition) is 1. The number of amides is 1. The molecule has 2 aliphatic rings. The third-order valence-electron chi connectivity index (χ3n) is 6.22. The number of hydrogen-bond acceptors (Lipinski definition) is 8. The first-order chi connectivity index (χ1) is 18.2. The summed E-state index contributed by atoms with van der Waals surface area (Å²) in [6, 6.07) is 6.68. The molecule has 5 rings (SSSR count). The van der Waals surface area contributed by atoms with Gasteiger partial charge in [0.2, 0.25) is 0 Å². The van der Waals surface area contributed by atoms with Crippen LogP contribution < -0.4 is 15.0 Å². The quantitative estimate of drug-likeness (QED) is 0.541. The molecule has 0 atom stereocenters. The van der Waals surface area contributed by atoms with Gasteiger partial charge in [-0.3, -0.25) is 4.98 Å². The summed E-state index contributed by atoms with van der Waals surface area (Å²) in [5.41, 5.74) is 1.92. The van der Waals surface area contributed by atoms with E-state index in [9.17, 15) is 13.6 Å². The lowest BCUT2D eigenvalue weighted by molar-refractivity contribution is 0.0240. The third-order valence-corrected chi connectivity index (χ3v) is 6.22. The highest BCUT2D eigenvalue weighted by atomic mass is 19.1. The average molecular weight is 525 g/mol. The lowest BCUT2D eigenvalue weighted by Gasteiger charge is -2.36. The minimum absolute atomic E-state index is 0.0172. The van der Waals surface area contributed by atoms with Crippen molar-refractivity contribution in [3.05, 3.63) is 59.8 Å². The molecule has 3 aromatic rings. The second-order valence-electron chi connectivity index (χ2n) is 10.2. The lowest BCUT2D eigenvalue weighted by atomic mass is 10.1. The Kier molecular flexibility index (Phi) is 7.00. The Morgan fingerprint density at radius 3 is 2.58 bits per heavy atom. The number of carbonyl (C=O) groups excluding carboxylic acids is 1. The van der Waals surface area contributed by atoms with Crippen molar-refractivity contribution in [1.29, 1.82) is 0 Å². The Bertz CT molecular complexity index is 1320. The summed E-state index contributed by atoms with van der Waals surface area (Å²) in [4.78, 5) is 29.2. The number of benzene rings is 1. The van der Waals surface area contributed by atoms with Gasteiger partial charge in [0.05, 0.1) is 30.2 Å². The largest absolute Gasteiger partial charge is 0.486 e. The van der Waals surface area contributed by atoms with Crippen molar-refractivity contribution in [1.82, 2.24) is 19.9 Å². The van der Waals surface area contributed by atoms with Crippen LogP contribution in [0.4, 0.5) is 25.0 Å². The highest BCUT2D eigenvalue weighted by molar-refractivity contribution is 5.71. The maximum absolute atomic E-state index is 14.6. The number of anilines is 2. The summed E-state index contributed by atoms with van der Waals surface area (Å²) in [5, 5.41) is 3.07. The van der Waals surface area contributed by atoms with Gasteiger partial charge in [0.15, 0.2) is 17.4 Å². The Morgan fingerprint density at radius 2 is 1.87 bits per heavy atom. The molecule has 38 heavy (non-hydrogen) atoms. The summed E-state index contributed by atoms with van der Waals surface area (Å²) in [5.74, 6) is -0.715. The van der Waals surface area contributed by atoms with Crippen molar-refractivity contribution >= 4 is 17.5 Å². The van der Waals surface area contributed by atoms with E-state index in [4.69, 9.17) is 9.47 Å². The normalized spacial score (nSPS) is 15.4. The zero-order valence-electron chi connectivity index (χ0n) is 21.6. The van der Waals surface area contributed by atoms with Crippen molar-refractivity contribution in [3.8, 4) is 17.0 Å². The second kappa shape index (κ2) is 10.4. The van der Waals surface area contributed by atoms with E-state index >= 15 is 0 Å². The predicted octanol–water partition coefficient (Wildman–Crippen LogP) is 4.27. The van der Waals surface area contributed by atoms with E-state index in [-0.39, 0.29) is 24.0 Å². The minimum Gasteiger partial charge on any atom is -0.486 e. The molecule has 0 saturated carbocycles. The summed E-state index contributed by atoms with van der Waals surface area (Å²) in [6.07, 6.45) is 2.85. The Morgan fingerprint density at radius 1 is 1.08 bits per heavy atom. The molecule has 1 aromatic carbocycles. The first kappa shape index (κ1) is 25.6. The molecule has 1 fully saturated rings. The van der Waals surface area contributed by atoms with Gasteiger partial charge in [0, 0.05) is 44.0 Å². The smallest absolute Gasteiger partial charge is 0.410 e. The van der Waals surface area contributed by atoms with Gasteiger partial charge in [-0.25, -0.2) is 23.5 Å². The number of carbonyl (C=O) groups is 1. The van der Waals surface area contributed by atoms with Gasteiger partial charge < -0.3 is 24.6 Å². The van der Waals surface area contributed by atoms with Crippen molar-refractivity contribution in [3.63, 3.8) is 0 Å². The monoisotopic (exact) mass is 524 g/mol. The summed E-state index contributed by atoms with van der Waals surface area (Å²) in [7, 11) is 0. The van der Waals surface area contributed by atoms with Crippen molar-refractivity contribution < 1.29 is 23.0 Å². The number of pyridine rings is 1. The Labute approximate surface area is 219 Å². The molecule has 2 aromatic heterocycles. The number of rotatable bonds is 4. The van der Waals surface area contributed by atoms with Crippen LogP contribution in [0.2, 0.25) is 0 Å². The van der Waals surface area contributed by atoms with E-state index in [0.717, 1.165) is 11.9 Å². The number of nitrogens with one attached hydrogen (secondary N) is 1. The fourth-order valence-corrected chi connectivity index (χ4v) is 4.38. The molecule has 2 aliphatic heterocycles. The summed E-state index contributed by atoms with van der Waals surface area (Å²) >= 11 is 0. The summed E-state index contributed by atoms with van der Waals surface area (Å²) in [6.45, 7) is 8.93. The third kappa shape index (κ3) is 5.76. The van der Waals surface area contributed by atoms with E-state index in [1.165, 1.54) is 6.07 Å². The van der Waals surface area contributed by atoms with E-state index in [2.05, 4.69) is 25.2 Å². The number of nitrogens with zero attached hydrogens (tertiary/aromatic N) is 5. The molecular weight excluding hydrogens is 494 g/mol. The van der Waals surface area contributed by atoms with Crippen LogP contribution in [0.1, 0.15) is 32.3 Å². The maximum Gasteiger partial charge on any atom is 0.410 e. The first-order valence-electron chi connectivity index (χ1n) is 12.6. The van der Waals surface area contributed by atoms with Crippen LogP contribution in [0.25, 0.3) is 11.3 Å². The highest BCUT2D eigenvalue weighted by Crippen LogP contribution is 2.35. The zero-order chi connectivity index (χ0) is 26.9. The van der Waals surface area contributed by atoms with Crippen LogP contribution in [0.5, 0.6) is 5.75 Å². The topological polar surface area (TPSA) is 92.7 Å². The molecule has 0 bridgehead atoms. The number of piperazine rings is 1. The molecule has 1 N–H and O–H groups in total. The van der Waals surface area contributed by atoms with Gasteiger partial charge in [0.1, 0.15) is 23.7 Å². The second-order valence-corrected chi connectivity index (χ2v) is 10.2. The van der Waals surface area contributed by atoms with E-state index in [1.54, 1.807) is 17.2 Å². The number of ether oxygens (including phenoxy) is 2. The molecule has 4 heterocycles. The number of aromatic nitrogens is 3. The van der Waals surface area contributed by atoms with Gasteiger partial charge in [-0.05, 0) is 45.0 Å². The van der Waals surface area contributed by atoms with Gasteiger partial charge in [0.25, 0.3) is 0 Å². The maximum atomic E-state index is 14.6. The van der Waals surface area contributed by atoms with Crippen LogP contribution >= 0.6 is 0 Å². The Balaban J connectivity index is 1.24. The fourth-order valence-electron chi connectivity index (χ4n) is 4.38. The van der Waals surface area contributed by atoms with Gasteiger partial charge in [-0.1, -0.05) is 0 Å². The molecule has 0 radical (unpaired) electrons. The van der Waals surface area contributed by atoms with E-state index < -0.39 is 17.2 Å². The molecular formula is C27H30F2N6O3. The minimum atomic E-state index is -0.640. The van der Waals surface area contributed by atoms with Crippen LogP contribution in [-0.2, 0) is 11.2 Å². The van der Waals surface area contributed by atoms with Crippen LogP contribution in [0.3, 0.4) is 0 Å². The lowest BCUT2D eigenvalue weighted by Crippen LogP contribution is -2.50. The van der Waals surface area contributed by atoms with Crippen molar-refractivity contribution in [2.24, 2.45) is 0 Å². The number of halogens is 2. The standard InChI is InChI=1S/C27H30F2N6O3/c1-27(2,3)38-26(36)35-9-7-34(8-10-35)19-5-4-18(31-15-19)14-23-32-16-21(29)24(33-23)17-12-20(28)25-22(13-17)30-6-11-37-25/h4-5,12-13,15-16,30H,6-11,14H2,1-3H3. The molecule has 1 amide bonds. The predicted molar refractivity (Wildman–Crippen MR) is 138 cm³/mol. The molecule has 200 valence electrons. The number of fused-ring (bicyclic) bond motifs is 1. The molecule has 0 aliphatic carbocycles. The first-order valence-corrected chi connectivity index (χ1v) is 12.6. The van der Waals surface area contributed by atoms with Gasteiger partial charge in [-0.2, -0.15) is 0 Å². The fraction of sp³-hybridized carbons (Fsp3) is 0.407. The molecule has 0 spiro atoms. The molecule has 1 saturated heterocycles. The summed E-state index contributed by atoms with van der Waals surface area (Å²) < 4.78 is 40.0. The van der Waals surface area contributed by atoms with Gasteiger partial charge >= 0.3 is 6.09 Å². The average Bonchev–Trinajstić information content (AvgIpc) is 2.89. The van der Waals surface area contributed by atoms with E-state index in [0.29, 0.717) is 62.1 Å². The van der Waals surface area contributed by atoms with Crippen molar-refractivity contribution in [2.45, 2.75) is 32.8 Å². The highest BCUT2D eigenvalue weighted by Gasteiger charge is 2.26. The molecule has 9 nitrogen and oxygen atoms in total. The van der Waals surface area contributed by atoms with Crippen LogP contribution in [0, 0.1) is 11.6 Å². The van der Waals surface area contributed by atoms with Gasteiger partial charge in [-0.15, -0.1) is 0 Å². The van der Waals surface area contributed by atoms with Crippen LogP contribution in [-0.4, -0.2) is 70.9 Å². The SMILES string of the molecule is CC(C)(C)OC(=O)N1CCN(c2ccc(Cc3ncc(F)c(-c4cc(F)c5c(c4)NCCO5)n3)nc2)CC1. The Hall–Kier alpha value is -4.02. The van der Waals surface area contributed by atoms with E-state index in [1.807, 2.05) is 32.9 Å². The molecule has 0 unspecified atom stereocenters. The zero-order valence-corrected chi connectivity index (χ0v) is 21.6. The van der Waals surface area contributed by atoms with Crippen molar-refractivity contribution in [2.75, 3.05) is 49.5 Å². The van der Waals surface area contributed by atoms with Crippen LogP contribution in [0.15, 0.2) is 36.7 Å².